The maximum absolute atomic E-state index is 12.3. The van der Waals surface area contributed by atoms with Crippen molar-refractivity contribution in [2.75, 3.05) is 31.5 Å². The third kappa shape index (κ3) is 5.24. The van der Waals surface area contributed by atoms with Gasteiger partial charge in [-0.05, 0) is 31.0 Å². The highest BCUT2D eigenvalue weighted by Gasteiger charge is 2.39. The van der Waals surface area contributed by atoms with Gasteiger partial charge in [-0.1, -0.05) is 42.5 Å². The molecule has 0 aromatic heterocycles. The molecule has 2 aliphatic rings. The first-order chi connectivity index (χ1) is 11.6. The highest BCUT2D eigenvalue weighted by molar-refractivity contribution is 6.35. The number of anilines is 1. The lowest BCUT2D eigenvalue weighted by atomic mass is 9.79. The van der Waals surface area contributed by atoms with Crippen molar-refractivity contribution in [1.82, 2.24) is 10.2 Å². The summed E-state index contributed by atoms with van der Waals surface area (Å²) in [6, 6.07) is 5.11. The maximum Gasteiger partial charge on any atom is 0.225 e. The minimum Gasteiger partial charge on any atom is -0.325 e. The van der Waals surface area contributed by atoms with Crippen LogP contribution in [0.4, 0.5) is 5.69 Å². The highest BCUT2D eigenvalue weighted by atomic mass is 35.5. The summed E-state index contributed by atoms with van der Waals surface area (Å²) < 4.78 is 0. The second kappa shape index (κ2) is 9.43. The van der Waals surface area contributed by atoms with Crippen LogP contribution >= 0.6 is 35.6 Å². The number of hydrogen-bond acceptors (Lipinski definition) is 3. The maximum atomic E-state index is 12.3. The van der Waals surface area contributed by atoms with E-state index in [4.69, 9.17) is 23.2 Å². The summed E-state index contributed by atoms with van der Waals surface area (Å²) in [6.45, 7) is 3.87. The van der Waals surface area contributed by atoms with Crippen molar-refractivity contribution in [2.45, 2.75) is 44.1 Å². The molecule has 1 aromatic carbocycles. The van der Waals surface area contributed by atoms with Gasteiger partial charge >= 0.3 is 0 Å². The van der Waals surface area contributed by atoms with E-state index >= 15 is 0 Å². The number of halogens is 3. The summed E-state index contributed by atoms with van der Waals surface area (Å²) in [7, 11) is 0. The van der Waals surface area contributed by atoms with Crippen molar-refractivity contribution in [3.8, 4) is 0 Å². The molecule has 2 fully saturated rings. The first kappa shape index (κ1) is 20.8. The van der Waals surface area contributed by atoms with E-state index in [-0.39, 0.29) is 23.9 Å². The Labute approximate surface area is 166 Å². The van der Waals surface area contributed by atoms with E-state index < -0.39 is 0 Å². The Hall–Kier alpha value is -0.520. The van der Waals surface area contributed by atoms with Crippen LogP contribution in [-0.2, 0) is 4.79 Å². The molecular formula is C18H26Cl3N3O. The summed E-state index contributed by atoms with van der Waals surface area (Å²) >= 11 is 12.1. The number of hydrogen-bond donors (Lipinski definition) is 2. The number of benzene rings is 1. The number of rotatable bonds is 4. The molecule has 1 amide bonds. The molecule has 7 heteroatoms. The van der Waals surface area contributed by atoms with Gasteiger partial charge in [-0.2, -0.15) is 0 Å². The minimum atomic E-state index is -0.0105. The lowest BCUT2D eigenvalue weighted by molar-refractivity contribution is -0.117. The van der Waals surface area contributed by atoms with Gasteiger partial charge in [0.15, 0.2) is 0 Å². The van der Waals surface area contributed by atoms with Crippen molar-refractivity contribution < 1.29 is 4.79 Å². The predicted octanol–water partition coefficient (Wildman–Crippen LogP) is 4.35. The van der Waals surface area contributed by atoms with E-state index in [1.54, 1.807) is 18.2 Å². The Morgan fingerprint density at radius 2 is 2.00 bits per heavy atom. The zero-order valence-corrected chi connectivity index (χ0v) is 16.7. The van der Waals surface area contributed by atoms with Crippen LogP contribution in [0.5, 0.6) is 0 Å². The molecule has 140 valence electrons. The molecule has 0 radical (unpaired) electrons. The summed E-state index contributed by atoms with van der Waals surface area (Å²) in [4.78, 5) is 14.9. The molecule has 1 aliphatic heterocycles. The van der Waals surface area contributed by atoms with Crippen LogP contribution in [0.1, 0.15) is 38.5 Å². The molecule has 3 rings (SSSR count). The number of carbonyl (C=O) groups is 1. The summed E-state index contributed by atoms with van der Waals surface area (Å²) in [5, 5.41) is 7.51. The van der Waals surface area contributed by atoms with Crippen molar-refractivity contribution in [2.24, 2.45) is 0 Å². The van der Waals surface area contributed by atoms with E-state index in [0.717, 1.165) is 26.2 Å². The van der Waals surface area contributed by atoms with Crippen LogP contribution in [0.15, 0.2) is 18.2 Å². The second-order valence-electron chi connectivity index (χ2n) is 6.87. The van der Waals surface area contributed by atoms with E-state index in [0.29, 0.717) is 22.2 Å². The average molecular weight is 407 g/mol. The number of nitrogens with zero attached hydrogens (tertiary/aromatic N) is 1. The van der Waals surface area contributed by atoms with Crippen molar-refractivity contribution in [3.05, 3.63) is 28.2 Å². The third-order valence-corrected chi connectivity index (χ3v) is 5.84. The van der Waals surface area contributed by atoms with Gasteiger partial charge in [-0.15, -0.1) is 12.4 Å². The molecule has 0 atom stereocenters. The van der Waals surface area contributed by atoms with Crippen molar-refractivity contribution >= 4 is 47.2 Å². The fourth-order valence-corrected chi connectivity index (χ4v) is 4.32. The van der Waals surface area contributed by atoms with Gasteiger partial charge in [0.05, 0.1) is 10.7 Å². The van der Waals surface area contributed by atoms with Gasteiger partial charge in [0.1, 0.15) is 0 Å². The molecule has 0 bridgehead atoms. The van der Waals surface area contributed by atoms with Gasteiger partial charge < -0.3 is 10.6 Å². The molecule has 4 nitrogen and oxygen atoms in total. The van der Waals surface area contributed by atoms with E-state index in [1.165, 1.54) is 32.1 Å². The van der Waals surface area contributed by atoms with Crippen molar-refractivity contribution in [3.63, 3.8) is 0 Å². The fourth-order valence-electron chi connectivity index (χ4n) is 3.98. The number of amides is 1. The predicted molar refractivity (Wildman–Crippen MR) is 107 cm³/mol. The SMILES string of the molecule is Cl.O=C(CCN1CCNCC12CCCCC2)Nc1cc(Cl)ccc1Cl. The molecule has 1 heterocycles. The van der Waals surface area contributed by atoms with Crippen LogP contribution in [0.25, 0.3) is 0 Å². The van der Waals surface area contributed by atoms with Gasteiger partial charge in [-0.3, -0.25) is 9.69 Å². The first-order valence-electron chi connectivity index (χ1n) is 8.80. The molecule has 2 N–H and O–H groups in total. The van der Waals surface area contributed by atoms with Crippen molar-refractivity contribution in [1.29, 1.82) is 0 Å². The Morgan fingerprint density at radius 3 is 2.76 bits per heavy atom. The van der Waals surface area contributed by atoms with Crippen LogP contribution in [0.3, 0.4) is 0 Å². The van der Waals surface area contributed by atoms with Gasteiger partial charge in [0.2, 0.25) is 5.91 Å². The summed E-state index contributed by atoms with van der Waals surface area (Å²) in [6.07, 6.45) is 6.88. The first-order valence-corrected chi connectivity index (χ1v) is 9.55. The Kier molecular flexibility index (Phi) is 7.84. The van der Waals surface area contributed by atoms with E-state index in [9.17, 15) is 4.79 Å². The van der Waals surface area contributed by atoms with Crippen LogP contribution in [0, 0.1) is 0 Å². The van der Waals surface area contributed by atoms with Gasteiger partial charge in [0.25, 0.3) is 0 Å². The monoisotopic (exact) mass is 405 g/mol. The standard InChI is InChI=1S/C18H25Cl2N3O.ClH/c19-14-4-5-15(20)16(12-14)22-17(24)6-10-23-11-9-21-13-18(23)7-2-1-3-8-18;/h4-5,12,21H,1-3,6-11,13H2,(H,22,24);1H. The zero-order chi connectivity index (χ0) is 17.0. The lowest BCUT2D eigenvalue weighted by Gasteiger charge is -2.50. The molecule has 1 saturated carbocycles. The van der Waals surface area contributed by atoms with Crippen LogP contribution < -0.4 is 10.6 Å². The Bertz CT molecular complexity index is 583. The fraction of sp³-hybridized carbons (Fsp3) is 0.611. The van der Waals surface area contributed by atoms with Crippen LogP contribution in [-0.4, -0.2) is 42.5 Å². The Balaban J connectivity index is 0.00000225. The summed E-state index contributed by atoms with van der Waals surface area (Å²) in [5.41, 5.74) is 0.839. The van der Waals surface area contributed by atoms with Gasteiger partial charge in [-0.25, -0.2) is 0 Å². The highest BCUT2D eigenvalue weighted by Crippen LogP contribution is 2.34. The molecule has 25 heavy (non-hydrogen) atoms. The van der Waals surface area contributed by atoms with E-state index in [1.807, 2.05) is 0 Å². The molecule has 1 spiro atoms. The summed E-state index contributed by atoms with van der Waals surface area (Å²) in [5.74, 6) is -0.0105. The molecule has 1 aliphatic carbocycles. The smallest absolute Gasteiger partial charge is 0.225 e. The average Bonchev–Trinajstić information content (AvgIpc) is 2.58. The van der Waals surface area contributed by atoms with E-state index in [2.05, 4.69) is 15.5 Å². The topological polar surface area (TPSA) is 44.4 Å². The lowest BCUT2D eigenvalue weighted by Crippen LogP contribution is -2.62. The molecule has 1 aromatic rings. The zero-order valence-electron chi connectivity index (χ0n) is 14.3. The molecular weight excluding hydrogens is 381 g/mol. The van der Waals surface area contributed by atoms with Crippen LogP contribution in [0.2, 0.25) is 10.0 Å². The Morgan fingerprint density at radius 1 is 1.24 bits per heavy atom. The molecule has 1 saturated heterocycles. The minimum absolute atomic E-state index is 0. The number of carbonyl (C=O) groups excluding carboxylic acids is 1. The number of nitrogens with one attached hydrogen (secondary N) is 2. The number of piperazine rings is 1. The largest absolute Gasteiger partial charge is 0.325 e. The third-order valence-electron chi connectivity index (χ3n) is 5.28. The molecule has 0 unspecified atom stereocenters. The quantitative estimate of drug-likeness (QED) is 0.781. The normalized spacial score (nSPS) is 20.1. The second-order valence-corrected chi connectivity index (χ2v) is 7.71. The van der Waals surface area contributed by atoms with Gasteiger partial charge in [0, 0.05) is 43.2 Å².